The van der Waals surface area contributed by atoms with Crippen LogP contribution in [0.4, 0.5) is 19.0 Å². The van der Waals surface area contributed by atoms with Crippen molar-refractivity contribution < 1.29 is 23.1 Å². The Morgan fingerprint density at radius 1 is 1.25 bits per heavy atom. The van der Waals surface area contributed by atoms with E-state index in [-0.39, 0.29) is 40.1 Å². The third kappa shape index (κ3) is 2.89. The van der Waals surface area contributed by atoms with E-state index < -0.39 is 34.4 Å². The first-order chi connectivity index (χ1) is 15.2. The Hall–Kier alpha value is -3.40. The zero-order valence-corrected chi connectivity index (χ0v) is 17.0. The Morgan fingerprint density at radius 2 is 2.00 bits per heavy atom. The lowest BCUT2D eigenvalue weighted by atomic mass is 9.72. The highest BCUT2D eigenvalue weighted by atomic mass is 19.1. The van der Waals surface area contributed by atoms with Gasteiger partial charge >= 0.3 is 5.97 Å². The third-order valence-electron chi connectivity index (χ3n) is 6.61. The summed E-state index contributed by atoms with van der Waals surface area (Å²) in [7, 11) is 0. The van der Waals surface area contributed by atoms with Gasteiger partial charge in [0.1, 0.15) is 17.2 Å². The second kappa shape index (κ2) is 7.06. The van der Waals surface area contributed by atoms with Gasteiger partial charge in [0.15, 0.2) is 17.3 Å². The van der Waals surface area contributed by atoms with E-state index in [1.807, 2.05) is 0 Å². The van der Waals surface area contributed by atoms with Crippen LogP contribution in [0.3, 0.4) is 0 Å². The SMILES string of the molecule is Cc1c(F)c(N2C[C@@H]3C[C@H](N)[C@@H]3C2)nc2c1c(=O)c(C(=O)O)cn2-c1ccc(F)cc1F. The summed E-state index contributed by atoms with van der Waals surface area (Å²) in [6.07, 6.45) is 1.77. The van der Waals surface area contributed by atoms with Gasteiger partial charge in [-0.3, -0.25) is 9.36 Å². The molecule has 1 aliphatic carbocycles. The van der Waals surface area contributed by atoms with Gasteiger partial charge in [-0.15, -0.1) is 0 Å². The number of aromatic nitrogens is 2. The number of fused-ring (bicyclic) bond motifs is 2. The predicted molar refractivity (Wildman–Crippen MR) is 111 cm³/mol. The Labute approximate surface area is 179 Å². The molecule has 3 atom stereocenters. The Bertz CT molecular complexity index is 1360. The molecule has 0 unspecified atom stereocenters. The fourth-order valence-electron chi connectivity index (χ4n) is 4.83. The predicted octanol–water partition coefficient (Wildman–Crippen LogP) is 2.59. The molecule has 0 amide bonds. The van der Waals surface area contributed by atoms with Crippen molar-refractivity contribution in [1.29, 1.82) is 0 Å². The van der Waals surface area contributed by atoms with Crippen LogP contribution in [0.25, 0.3) is 16.7 Å². The van der Waals surface area contributed by atoms with Gasteiger partial charge in [-0.05, 0) is 37.3 Å². The molecule has 10 heteroatoms. The number of hydrogen-bond acceptors (Lipinski definition) is 5. The van der Waals surface area contributed by atoms with Crippen LogP contribution in [0.1, 0.15) is 22.3 Å². The summed E-state index contributed by atoms with van der Waals surface area (Å²) in [5.41, 5.74) is 4.03. The highest BCUT2D eigenvalue weighted by molar-refractivity contribution is 5.93. The van der Waals surface area contributed by atoms with Crippen LogP contribution in [0.5, 0.6) is 0 Å². The summed E-state index contributed by atoms with van der Waals surface area (Å²) >= 11 is 0. The van der Waals surface area contributed by atoms with Crippen LogP contribution >= 0.6 is 0 Å². The molecule has 2 fully saturated rings. The number of halogens is 3. The maximum Gasteiger partial charge on any atom is 0.341 e. The summed E-state index contributed by atoms with van der Waals surface area (Å²) in [5.74, 6) is -3.56. The van der Waals surface area contributed by atoms with E-state index in [2.05, 4.69) is 4.98 Å². The number of nitrogens with two attached hydrogens (primary N) is 1. The van der Waals surface area contributed by atoms with E-state index in [0.29, 0.717) is 25.1 Å². The maximum atomic E-state index is 15.4. The smallest absolute Gasteiger partial charge is 0.341 e. The minimum Gasteiger partial charge on any atom is -0.477 e. The largest absolute Gasteiger partial charge is 0.477 e. The fourth-order valence-corrected chi connectivity index (χ4v) is 4.83. The molecular weight excluding hydrogens is 425 g/mol. The molecule has 0 spiro atoms. The number of pyridine rings is 2. The summed E-state index contributed by atoms with van der Waals surface area (Å²) in [5, 5.41) is 9.22. The summed E-state index contributed by atoms with van der Waals surface area (Å²) in [6.45, 7) is 2.41. The topological polar surface area (TPSA) is 101 Å². The number of carboxylic acid groups (broad SMARTS) is 1. The molecule has 2 aliphatic rings. The highest BCUT2D eigenvalue weighted by Gasteiger charge is 2.46. The molecule has 3 aromatic rings. The van der Waals surface area contributed by atoms with Crippen LogP contribution in [-0.4, -0.2) is 39.8 Å². The minimum absolute atomic E-state index is 0.00431. The Balaban J connectivity index is 1.80. The molecule has 5 rings (SSSR count). The van der Waals surface area contributed by atoms with Gasteiger partial charge in [0.05, 0.1) is 11.1 Å². The number of rotatable bonds is 3. The van der Waals surface area contributed by atoms with E-state index >= 15 is 4.39 Å². The number of nitrogens with zero attached hydrogens (tertiary/aromatic N) is 3. The zero-order valence-electron chi connectivity index (χ0n) is 17.0. The van der Waals surface area contributed by atoms with Crippen molar-refractivity contribution in [2.24, 2.45) is 17.6 Å². The lowest BCUT2D eigenvalue weighted by molar-refractivity contribution is 0.0695. The molecular formula is C22H19F3N4O3. The van der Waals surface area contributed by atoms with Crippen molar-refractivity contribution in [2.45, 2.75) is 19.4 Å². The van der Waals surface area contributed by atoms with Gasteiger partial charge in [-0.2, -0.15) is 0 Å². The van der Waals surface area contributed by atoms with Crippen LogP contribution in [0, 0.1) is 36.2 Å². The number of carbonyl (C=O) groups is 1. The second-order valence-corrected chi connectivity index (χ2v) is 8.44. The number of carboxylic acids is 1. The van der Waals surface area contributed by atoms with Gasteiger partial charge in [0.25, 0.3) is 0 Å². The molecule has 1 aromatic carbocycles. The number of hydrogen-bond donors (Lipinski definition) is 2. The monoisotopic (exact) mass is 444 g/mol. The Morgan fingerprint density at radius 3 is 2.62 bits per heavy atom. The fraction of sp³-hybridized carbons (Fsp3) is 0.318. The van der Waals surface area contributed by atoms with Crippen LogP contribution < -0.4 is 16.1 Å². The molecule has 1 saturated heterocycles. The van der Waals surface area contributed by atoms with Crippen LogP contribution in [-0.2, 0) is 0 Å². The van der Waals surface area contributed by atoms with E-state index in [1.54, 1.807) is 4.90 Å². The van der Waals surface area contributed by atoms with E-state index in [9.17, 15) is 23.5 Å². The van der Waals surface area contributed by atoms with Crippen LogP contribution in [0.15, 0.2) is 29.2 Å². The molecule has 3 heterocycles. The van der Waals surface area contributed by atoms with E-state index in [4.69, 9.17) is 5.73 Å². The van der Waals surface area contributed by atoms with E-state index in [0.717, 1.165) is 29.3 Å². The lowest BCUT2D eigenvalue weighted by Crippen LogP contribution is -2.46. The first kappa shape index (κ1) is 20.5. The van der Waals surface area contributed by atoms with Gasteiger partial charge in [0, 0.05) is 37.0 Å². The van der Waals surface area contributed by atoms with Crippen LogP contribution in [0.2, 0.25) is 0 Å². The average Bonchev–Trinajstić information content (AvgIpc) is 3.07. The molecule has 0 bridgehead atoms. The van der Waals surface area contributed by atoms with Crippen molar-refractivity contribution in [2.75, 3.05) is 18.0 Å². The zero-order chi connectivity index (χ0) is 22.9. The van der Waals surface area contributed by atoms with Gasteiger partial charge in [-0.1, -0.05) is 0 Å². The van der Waals surface area contributed by atoms with Crippen molar-refractivity contribution in [3.05, 3.63) is 63.2 Å². The molecule has 1 aliphatic heterocycles. The first-order valence-electron chi connectivity index (χ1n) is 10.1. The quantitative estimate of drug-likeness (QED) is 0.644. The lowest BCUT2D eigenvalue weighted by Gasteiger charge is -2.36. The summed E-state index contributed by atoms with van der Waals surface area (Å²) in [6, 6.07) is 2.78. The normalized spacial score (nSPS) is 22.2. The molecule has 1 saturated carbocycles. The average molecular weight is 444 g/mol. The second-order valence-electron chi connectivity index (χ2n) is 8.44. The molecule has 0 radical (unpaired) electrons. The highest BCUT2D eigenvalue weighted by Crippen LogP contribution is 2.42. The van der Waals surface area contributed by atoms with Crippen molar-refractivity contribution in [1.82, 2.24) is 9.55 Å². The summed E-state index contributed by atoms with van der Waals surface area (Å²) < 4.78 is 44.5. The number of anilines is 1. The Kier molecular flexibility index (Phi) is 4.52. The van der Waals surface area contributed by atoms with Gasteiger partial charge in [0.2, 0.25) is 5.43 Å². The van der Waals surface area contributed by atoms with Crippen molar-refractivity contribution in [3.8, 4) is 5.69 Å². The standard InChI is InChI=1S/C22H19F3N4O3/c1-9-17-19(30)13(22(31)32)8-29(16-3-2-11(23)5-14(16)24)20(17)27-21(18(9)25)28-6-10-4-15(26)12(10)7-28/h2-3,5,8,10,12,15H,4,6-7,26H2,1H3,(H,31,32)/t10-,12+,15-/m0/s1. The number of benzene rings is 1. The molecule has 2 aromatic heterocycles. The molecule has 166 valence electrons. The molecule has 7 nitrogen and oxygen atoms in total. The summed E-state index contributed by atoms with van der Waals surface area (Å²) in [4.78, 5) is 30.7. The van der Waals surface area contributed by atoms with Crippen molar-refractivity contribution in [3.63, 3.8) is 0 Å². The third-order valence-corrected chi connectivity index (χ3v) is 6.61. The van der Waals surface area contributed by atoms with E-state index in [1.165, 1.54) is 6.92 Å². The number of aromatic carboxylic acids is 1. The van der Waals surface area contributed by atoms with Crippen molar-refractivity contribution >= 4 is 22.8 Å². The molecule has 3 N–H and O–H groups in total. The first-order valence-corrected chi connectivity index (χ1v) is 10.1. The molecule has 32 heavy (non-hydrogen) atoms. The number of aryl methyl sites for hydroxylation is 1. The van der Waals surface area contributed by atoms with Gasteiger partial charge in [-0.25, -0.2) is 22.9 Å². The van der Waals surface area contributed by atoms with Gasteiger partial charge < -0.3 is 15.7 Å². The maximum absolute atomic E-state index is 15.4. The minimum atomic E-state index is -1.55.